The van der Waals surface area contributed by atoms with E-state index in [0.29, 0.717) is 23.1 Å². The van der Waals surface area contributed by atoms with Crippen LogP contribution in [-0.2, 0) is 17.8 Å². The van der Waals surface area contributed by atoms with Gasteiger partial charge in [-0.1, -0.05) is 48.5 Å². The average molecular weight is 452 g/mol. The molecule has 0 radical (unpaired) electrons. The van der Waals surface area contributed by atoms with Crippen molar-refractivity contribution in [2.24, 2.45) is 0 Å². The highest BCUT2D eigenvalue weighted by Crippen LogP contribution is 2.21. The maximum absolute atomic E-state index is 12.6. The molecule has 0 spiro atoms. The molecule has 0 saturated carbocycles. The monoisotopic (exact) mass is 451 g/mol. The maximum Gasteiger partial charge on any atom is 0.251 e. The lowest BCUT2D eigenvalue weighted by Gasteiger charge is -2.15. The topological polar surface area (TPSA) is 88.9 Å². The fourth-order valence-corrected chi connectivity index (χ4v) is 4.12. The summed E-state index contributed by atoms with van der Waals surface area (Å²) in [6.45, 7) is 8.55. The number of carbonyl (C=O) groups excluding carboxylic acids is 2. The molecule has 7 nitrogen and oxygen atoms in total. The van der Waals surface area contributed by atoms with Gasteiger partial charge in [0.05, 0.1) is 11.8 Å². The maximum atomic E-state index is 12.6. The fraction of sp³-hybridized carbons (Fsp3) is 0.333. The van der Waals surface area contributed by atoms with E-state index in [4.69, 9.17) is 0 Å². The highest BCUT2D eigenvalue weighted by Gasteiger charge is 2.20. The molecule has 2 N–H and O–H groups in total. The molecule has 0 aliphatic carbocycles. The van der Waals surface area contributed by atoms with Gasteiger partial charge in [-0.25, -0.2) is 0 Å². The molecule has 1 heterocycles. The Morgan fingerprint density at radius 2 is 1.84 bits per heavy atom. The normalized spacial score (nSPS) is 11.8. The van der Waals surface area contributed by atoms with Gasteiger partial charge in [0.2, 0.25) is 5.91 Å². The summed E-state index contributed by atoms with van der Waals surface area (Å²) in [6.07, 6.45) is 0.961. The van der Waals surface area contributed by atoms with E-state index in [0.717, 1.165) is 17.7 Å². The van der Waals surface area contributed by atoms with Gasteiger partial charge in [0.1, 0.15) is 0 Å². The number of carbonyl (C=O) groups is 2. The predicted octanol–water partition coefficient (Wildman–Crippen LogP) is 4.39. The van der Waals surface area contributed by atoms with E-state index in [9.17, 15) is 9.59 Å². The molecule has 0 unspecified atom stereocenters. The highest BCUT2D eigenvalue weighted by molar-refractivity contribution is 7.99. The molecule has 0 aliphatic rings. The van der Waals surface area contributed by atoms with Crippen LogP contribution in [0.5, 0.6) is 0 Å². The molecular weight excluding hydrogens is 422 g/mol. The van der Waals surface area contributed by atoms with Crippen LogP contribution in [0.2, 0.25) is 0 Å². The Morgan fingerprint density at radius 3 is 2.50 bits per heavy atom. The Kier molecular flexibility index (Phi) is 8.05. The zero-order valence-electron chi connectivity index (χ0n) is 18.9. The van der Waals surface area contributed by atoms with Crippen molar-refractivity contribution in [1.29, 1.82) is 0 Å². The minimum Gasteiger partial charge on any atom is -0.342 e. The van der Waals surface area contributed by atoms with Gasteiger partial charge in [-0.05, 0) is 57.0 Å². The average Bonchev–Trinajstić information content (AvgIpc) is 3.21. The standard InChI is InChI=1S/C24H29N5O2S/c1-5-18-10-12-20(13-11-18)26-21(30)15-32-24-28-27-22(29(24)6-2)17(4)25-23(31)19-9-7-8-16(3)14-19/h7-14,17H,5-6,15H2,1-4H3,(H,25,31)(H,26,30)/t17-/m0/s1. The van der Waals surface area contributed by atoms with Crippen molar-refractivity contribution in [3.8, 4) is 0 Å². The number of thioether (sulfide) groups is 1. The van der Waals surface area contributed by atoms with Crippen LogP contribution in [-0.4, -0.2) is 32.3 Å². The second kappa shape index (κ2) is 10.9. The van der Waals surface area contributed by atoms with Crippen LogP contribution in [0, 0.1) is 6.92 Å². The lowest BCUT2D eigenvalue weighted by Crippen LogP contribution is -2.28. The zero-order valence-corrected chi connectivity index (χ0v) is 19.7. The Morgan fingerprint density at radius 1 is 1.09 bits per heavy atom. The molecule has 2 amide bonds. The summed E-state index contributed by atoms with van der Waals surface area (Å²) >= 11 is 1.33. The van der Waals surface area contributed by atoms with Crippen LogP contribution >= 0.6 is 11.8 Å². The number of rotatable bonds is 9. The minimum absolute atomic E-state index is 0.104. The van der Waals surface area contributed by atoms with Gasteiger partial charge < -0.3 is 15.2 Å². The number of hydrogen-bond donors (Lipinski definition) is 2. The molecule has 1 atom stereocenters. The first kappa shape index (κ1) is 23.5. The number of nitrogens with one attached hydrogen (secondary N) is 2. The van der Waals surface area contributed by atoms with Crippen molar-refractivity contribution >= 4 is 29.3 Å². The molecule has 0 fully saturated rings. The van der Waals surface area contributed by atoms with Crippen LogP contribution in [0.3, 0.4) is 0 Å². The smallest absolute Gasteiger partial charge is 0.251 e. The van der Waals surface area contributed by atoms with Gasteiger partial charge in [0.15, 0.2) is 11.0 Å². The predicted molar refractivity (Wildman–Crippen MR) is 128 cm³/mol. The molecule has 3 rings (SSSR count). The van der Waals surface area contributed by atoms with Crippen molar-refractivity contribution in [1.82, 2.24) is 20.1 Å². The van der Waals surface area contributed by atoms with Gasteiger partial charge >= 0.3 is 0 Å². The molecule has 1 aromatic heterocycles. The third-order valence-electron chi connectivity index (χ3n) is 5.06. The zero-order chi connectivity index (χ0) is 23.1. The van der Waals surface area contributed by atoms with E-state index in [1.807, 2.05) is 67.8 Å². The highest BCUT2D eigenvalue weighted by atomic mass is 32.2. The molecule has 0 bridgehead atoms. The van der Waals surface area contributed by atoms with Crippen molar-refractivity contribution in [3.63, 3.8) is 0 Å². The first-order valence-corrected chi connectivity index (χ1v) is 11.7. The molecule has 32 heavy (non-hydrogen) atoms. The summed E-state index contributed by atoms with van der Waals surface area (Å²) in [5.41, 5.74) is 3.64. The SMILES string of the molecule is CCc1ccc(NC(=O)CSc2nnc([C@H](C)NC(=O)c3cccc(C)c3)n2CC)cc1. The number of amides is 2. The van der Waals surface area contributed by atoms with E-state index < -0.39 is 0 Å². The largest absolute Gasteiger partial charge is 0.342 e. The van der Waals surface area contributed by atoms with Gasteiger partial charge in [0, 0.05) is 17.8 Å². The van der Waals surface area contributed by atoms with Crippen LogP contribution < -0.4 is 10.6 Å². The second-order valence-corrected chi connectivity index (χ2v) is 8.48. The molecular formula is C24H29N5O2S. The number of benzene rings is 2. The van der Waals surface area contributed by atoms with Gasteiger partial charge in [-0.3, -0.25) is 9.59 Å². The third-order valence-corrected chi connectivity index (χ3v) is 6.02. The Labute approximate surface area is 193 Å². The second-order valence-electron chi connectivity index (χ2n) is 7.54. The van der Waals surface area contributed by atoms with Crippen molar-refractivity contribution in [2.75, 3.05) is 11.1 Å². The molecule has 2 aromatic carbocycles. The first-order chi connectivity index (χ1) is 15.4. The first-order valence-electron chi connectivity index (χ1n) is 10.7. The molecule has 3 aromatic rings. The van der Waals surface area contributed by atoms with E-state index >= 15 is 0 Å². The molecule has 0 aliphatic heterocycles. The van der Waals surface area contributed by atoms with E-state index in [1.54, 1.807) is 6.07 Å². The molecule has 0 saturated heterocycles. The Balaban J connectivity index is 1.60. The summed E-state index contributed by atoms with van der Waals surface area (Å²) in [7, 11) is 0. The van der Waals surface area contributed by atoms with E-state index in [-0.39, 0.29) is 23.6 Å². The summed E-state index contributed by atoms with van der Waals surface area (Å²) in [6, 6.07) is 15.0. The minimum atomic E-state index is -0.323. The number of nitrogens with zero attached hydrogens (tertiary/aromatic N) is 3. The summed E-state index contributed by atoms with van der Waals surface area (Å²) in [5.74, 6) is 0.617. The Hall–Kier alpha value is -3.13. The molecule has 8 heteroatoms. The fourth-order valence-electron chi connectivity index (χ4n) is 3.31. The third kappa shape index (κ3) is 5.97. The Bertz CT molecular complexity index is 1080. The number of aryl methyl sites for hydroxylation is 2. The quantitative estimate of drug-likeness (QED) is 0.471. The summed E-state index contributed by atoms with van der Waals surface area (Å²) in [5, 5.41) is 15.1. The molecule has 168 valence electrons. The number of anilines is 1. The summed E-state index contributed by atoms with van der Waals surface area (Å²) in [4.78, 5) is 25.0. The van der Waals surface area contributed by atoms with E-state index in [1.165, 1.54) is 17.3 Å². The van der Waals surface area contributed by atoms with Crippen LogP contribution in [0.1, 0.15) is 54.1 Å². The van der Waals surface area contributed by atoms with Gasteiger partial charge in [-0.2, -0.15) is 0 Å². The summed E-state index contributed by atoms with van der Waals surface area (Å²) < 4.78 is 1.93. The van der Waals surface area contributed by atoms with Crippen LogP contribution in [0.4, 0.5) is 5.69 Å². The van der Waals surface area contributed by atoms with Gasteiger partial charge in [0.25, 0.3) is 5.91 Å². The van der Waals surface area contributed by atoms with Crippen LogP contribution in [0.25, 0.3) is 0 Å². The van der Waals surface area contributed by atoms with Crippen molar-refractivity contribution in [3.05, 3.63) is 71.0 Å². The number of hydrogen-bond acceptors (Lipinski definition) is 5. The number of aromatic nitrogens is 3. The lowest BCUT2D eigenvalue weighted by molar-refractivity contribution is -0.113. The van der Waals surface area contributed by atoms with Crippen molar-refractivity contribution in [2.45, 2.75) is 51.9 Å². The van der Waals surface area contributed by atoms with Gasteiger partial charge in [-0.15, -0.1) is 10.2 Å². The van der Waals surface area contributed by atoms with Crippen LogP contribution in [0.15, 0.2) is 53.7 Å². The lowest BCUT2D eigenvalue weighted by atomic mass is 10.1. The van der Waals surface area contributed by atoms with E-state index in [2.05, 4.69) is 27.8 Å². The van der Waals surface area contributed by atoms with Crippen molar-refractivity contribution < 1.29 is 9.59 Å².